The van der Waals surface area contributed by atoms with Gasteiger partial charge in [-0.3, -0.25) is 9.59 Å². The molecule has 0 aliphatic carbocycles. The average Bonchev–Trinajstić information content (AvgIpc) is 2.66. The topological polar surface area (TPSA) is 110 Å². The second kappa shape index (κ2) is 7.84. The summed E-state index contributed by atoms with van der Waals surface area (Å²) in [6.45, 7) is 1.81. The Balaban J connectivity index is 1.82. The van der Waals surface area contributed by atoms with Crippen LogP contribution in [0.5, 0.6) is 0 Å². The van der Waals surface area contributed by atoms with E-state index in [4.69, 9.17) is 17.3 Å². The third-order valence-electron chi connectivity index (χ3n) is 3.81. The van der Waals surface area contributed by atoms with Gasteiger partial charge in [-0.25, -0.2) is 9.97 Å². The largest absolute Gasteiger partial charge is 0.382 e. The number of hydrogen-bond acceptors (Lipinski definition) is 5. The molecule has 0 unspecified atom stereocenters. The maximum Gasteiger partial charge on any atom is 0.276 e. The molecule has 0 bridgehead atoms. The van der Waals surface area contributed by atoms with Gasteiger partial charge in [0.25, 0.3) is 11.8 Å². The Hall–Kier alpha value is -3.45. The summed E-state index contributed by atoms with van der Waals surface area (Å²) in [7, 11) is 0. The summed E-state index contributed by atoms with van der Waals surface area (Å²) in [5.41, 5.74) is 7.88. The molecule has 0 aliphatic heterocycles. The molecule has 0 aliphatic rings. The number of halogens is 1. The number of aromatic nitrogens is 2. The summed E-state index contributed by atoms with van der Waals surface area (Å²) in [6.07, 6.45) is 1.16. The van der Waals surface area contributed by atoms with E-state index in [0.717, 1.165) is 11.9 Å². The van der Waals surface area contributed by atoms with E-state index in [-0.39, 0.29) is 22.4 Å². The molecule has 0 saturated carbocycles. The van der Waals surface area contributed by atoms with Gasteiger partial charge in [0.15, 0.2) is 5.69 Å². The fourth-order valence-corrected chi connectivity index (χ4v) is 2.53. The van der Waals surface area contributed by atoms with Gasteiger partial charge in [0.2, 0.25) is 0 Å². The molecule has 0 spiro atoms. The maximum absolute atomic E-state index is 12.5. The lowest BCUT2D eigenvalue weighted by Crippen LogP contribution is -2.17. The summed E-state index contributed by atoms with van der Waals surface area (Å²) in [4.78, 5) is 32.5. The van der Waals surface area contributed by atoms with Crippen molar-refractivity contribution in [3.05, 3.63) is 76.7 Å². The number of nitrogens with one attached hydrogen (secondary N) is 2. The number of nitrogens with two attached hydrogens (primary N) is 1. The summed E-state index contributed by atoms with van der Waals surface area (Å²) in [5.74, 6) is -0.816. The molecule has 3 aromatic rings. The first-order valence-electron chi connectivity index (χ1n) is 8.00. The standard InChI is InChI=1S/C19H16ClN5O2/c1-11-7-8-12(18(26)24-13-5-3-2-4-6-13)9-14(11)25-19(27)16-15(20)17(21)23-10-22-16/h2-10H,1H3,(H,24,26)(H,25,27)(H2,21,22,23). The number of nitrogens with zero attached hydrogens (tertiary/aromatic N) is 2. The molecule has 4 N–H and O–H groups in total. The number of anilines is 3. The second-order valence-electron chi connectivity index (χ2n) is 5.73. The van der Waals surface area contributed by atoms with Crippen LogP contribution in [-0.2, 0) is 0 Å². The normalized spacial score (nSPS) is 10.3. The van der Waals surface area contributed by atoms with E-state index < -0.39 is 5.91 Å². The van der Waals surface area contributed by atoms with Crippen molar-refractivity contribution in [2.24, 2.45) is 0 Å². The van der Waals surface area contributed by atoms with Crippen LogP contribution in [0.2, 0.25) is 5.02 Å². The number of carbonyl (C=O) groups is 2. The molecule has 3 rings (SSSR count). The Kier molecular flexibility index (Phi) is 5.33. The van der Waals surface area contributed by atoms with Crippen LogP contribution in [0.3, 0.4) is 0 Å². The number of amides is 2. The molecule has 1 aromatic heterocycles. The molecule has 2 amide bonds. The predicted octanol–water partition coefficient (Wildman–Crippen LogP) is 3.53. The molecule has 0 atom stereocenters. The van der Waals surface area contributed by atoms with E-state index >= 15 is 0 Å². The van der Waals surface area contributed by atoms with Crippen molar-refractivity contribution in [1.29, 1.82) is 0 Å². The smallest absolute Gasteiger partial charge is 0.276 e. The second-order valence-corrected chi connectivity index (χ2v) is 6.10. The van der Waals surface area contributed by atoms with Crippen molar-refractivity contribution in [3.8, 4) is 0 Å². The van der Waals surface area contributed by atoms with Crippen LogP contribution in [0.4, 0.5) is 17.2 Å². The van der Waals surface area contributed by atoms with Crippen molar-refractivity contribution in [3.63, 3.8) is 0 Å². The summed E-state index contributed by atoms with van der Waals surface area (Å²) < 4.78 is 0. The SMILES string of the molecule is Cc1ccc(C(=O)Nc2ccccc2)cc1NC(=O)c1ncnc(N)c1Cl. The molecule has 27 heavy (non-hydrogen) atoms. The number of aryl methyl sites for hydroxylation is 1. The molecule has 7 nitrogen and oxygen atoms in total. The van der Waals surface area contributed by atoms with Crippen LogP contribution >= 0.6 is 11.6 Å². The van der Waals surface area contributed by atoms with Gasteiger partial charge in [0.05, 0.1) is 0 Å². The number of hydrogen-bond donors (Lipinski definition) is 3. The quantitative estimate of drug-likeness (QED) is 0.640. The Labute approximate surface area is 160 Å². The molecule has 1 heterocycles. The van der Waals surface area contributed by atoms with Crippen LogP contribution in [0.1, 0.15) is 26.4 Å². The molecule has 2 aromatic carbocycles. The Morgan fingerprint density at radius 2 is 1.74 bits per heavy atom. The maximum atomic E-state index is 12.5. The number of benzene rings is 2. The fraction of sp³-hybridized carbons (Fsp3) is 0.0526. The predicted molar refractivity (Wildman–Crippen MR) is 105 cm³/mol. The van der Waals surface area contributed by atoms with Gasteiger partial charge in [-0.15, -0.1) is 0 Å². The molecular formula is C19H16ClN5O2. The first-order chi connectivity index (χ1) is 13.0. The van der Waals surface area contributed by atoms with E-state index in [1.807, 2.05) is 25.1 Å². The van der Waals surface area contributed by atoms with Crippen LogP contribution < -0.4 is 16.4 Å². The summed E-state index contributed by atoms with van der Waals surface area (Å²) in [6, 6.07) is 14.1. The van der Waals surface area contributed by atoms with Gasteiger partial charge in [-0.05, 0) is 36.8 Å². The first-order valence-corrected chi connectivity index (χ1v) is 8.38. The molecular weight excluding hydrogens is 366 g/mol. The summed E-state index contributed by atoms with van der Waals surface area (Å²) >= 11 is 5.99. The van der Waals surface area contributed by atoms with Crippen LogP contribution in [0.15, 0.2) is 54.9 Å². The van der Waals surface area contributed by atoms with E-state index in [1.165, 1.54) is 0 Å². The van der Waals surface area contributed by atoms with E-state index in [9.17, 15) is 9.59 Å². The molecule has 136 valence electrons. The molecule has 0 saturated heterocycles. The van der Waals surface area contributed by atoms with Crippen molar-refractivity contribution < 1.29 is 9.59 Å². The first kappa shape index (κ1) is 18.3. The minimum atomic E-state index is -0.544. The number of rotatable bonds is 4. The minimum Gasteiger partial charge on any atom is -0.382 e. The minimum absolute atomic E-state index is 0.0181. The lowest BCUT2D eigenvalue weighted by molar-refractivity contribution is 0.101. The van der Waals surface area contributed by atoms with Gasteiger partial charge in [0.1, 0.15) is 17.2 Å². The summed E-state index contributed by atoms with van der Waals surface area (Å²) in [5, 5.41) is 5.48. The van der Waals surface area contributed by atoms with Gasteiger partial charge in [-0.2, -0.15) is 0 Å². The monoisotopic (exact) mass is 381 g/mol. The van der Waals surface area contributed by atoms with Crippen LogP contribution in [0, 0.1) is 6.92 Å². The highest BCUT2D eigenvalue weighted by Crippen LogP contribution is 2.22. The fourth-order valence-electron chi connectivity index (χ4n) is 2.35. The lowest BCUT2D eigenvalue weighted by atomic mass is 10.1. The van der Waals surface area contributed by atoms with Gasteiger partial charge in [-0.1, -0.05) is 35.9 Å². The van der Waals surface area contributed by atoms with Crippen molar-refractivity contribution in [2.45, 2.75) is 6.92 Å². The number of carbonyl (C=O) groups excluding carboxylic acids is 2. The molecule has 8 heteroatoms. The molecule has 0 fully saturated rings. The Bertz CT molecular complexity index is 1010. The highest BCUT2D eigenvalue weighted by molar-refractivity contribution is 6.36. The lowest BCUT2D eigenvalue weighted by Gasteiger charge is -2.11. The third kappa shape index (κ3) is 4.21. The average molecular weight is 382 g/mol. The highest BCUT2D eigenvalue weighted by Gasteiger charge is 2.17. The van der Waals surface area contributed by atoms with Gasteiger partial charge >= 0.3 is 0 Å². The zero-order chi connectivity index (χ0) is 19.4. The zero-order valence-electron chi connectivity index (χ0n) is 14.4. The van der Waals surface area contributed by atoms with Crippen molar-refractivity contribution in [2.75, 3.05) is 16.4 Å². The van der Waals surface area contributed by atoms with E-state index in [0.29, 0.717) is 16.9 Å². The Morgan fingerprint density at radius 1 is 1.00 bits per heavy atom. The van der Waals surface area contributed by atoms with E-state index in [2.05, 4.69) is 20.6 Å². The Morgan fingerprint density at radius 3 is 2.48 bits per heavy atom. The van der Waals surface area contributed by atoms with Gasteiger partial charge < -0.3 is 16.4 Å². The van der Waals surface area contributed by atoms with Crippen LogP contribution in [-0.4, -0.2) is 21.8 Å². The van der Waals surface area contributed by atoms with Crippen molar-refractivity contribution >= 4 is 40.6 Å². The zero-order valence-corrected chi connectivity index (χ0v) is 15.1. The third-order valence-corrected chi connectivity index (χ3v) is 4.18. The van der Waals surface area contributed by atoms with Crippen molar-refractivity contribution in [1.82, 2.24) is 9.97 Å². The van der Waals surface area contributed by atoms with E-state index in [1.54, 1.807) is 30.3 Å². The molecule has 0 radical (unpaired) electrons. The number of para-hydroxylation sites is 1. The number of nitrogen functional groups attached to an aromatic ring is 1. The highest BCUT2D eigenvalue weighted by atomic mass is 35.5. The van der Waals surface area contributed by atoms with Gasteiger partial charge in [0, 0.05) is 16.9 Å². The van der Waals surface area contributed by atoms with Crippen LogP contribution in [0.25, 0.3) is 0 Å².